The van der Waals surface area contributed by atoms with Crippen LogP contribution >= 0.6 is 0 Å². The third-order valence-corrected chi connectivity index (χ3v) is 7.47. The zero-order valence-electron chi connectivity index (χ0n) is 20.0. The number of unbranched alkanes of at least 4 members (excludes halogenated alkanes) is 2. The average Bonchev–Trinajstić information content (AvgIpc) is 3.60. The molecule has 0 amide bonds. The third-order valence-electron chi connectivity index (χ3n) is 7.47. The lowest BCUT2D eigenvalue weighted by molar-refractivity contribution is -0.143. The summed E-state index contributed by atoms with van der Waals surface area (Å²) in [7, 11) is 0. The summed E-state index contributed by atoms with van der Waals surface area (Å²) in [6, 6.07) is 12.0. The van der Waals surface area contributed by atoms with Crippen LogP contribution in [0.4, 0.5) is 5.82 Å². The second-order valence-corrected chi connectivity index (χ2v) is 10.1. The van der Waals surface area contributed by atoms with Crippen LogP contribution < -0.4 is 5.32 Å². The predicted molar refractivity (Wildman–Crippen MR) is 133 cm³/mol. The number of hydrogen-bond acceptors (Lipinski definition) is 5. The van der Waals surface area contributed by atoms with Crippen LogP contribution in [0.2, 0.25) is 0 Å². The predicted octanol–water partition coefficient (Wildman–Crippen LogP) is 4.95. The topological polar surface area (TPSA) is 74.7 Å². The average molecular weight is 464 g/mol. The minimum atomic E-state index is -0.750. The second kappa shape index (κ2) is 10.9. The minimum absolute atomic E-state index is 0.128. The summed E-state index contributed by atoms with van der Waals surface area (Å²) in [4.78, 5) is 19.1. The van der Waals surface area contributed by atoms with E-state index >= 15 is 0 Å². The molecule has 0 bridgehead atoms. The van der Waals surface area contributed by atoms with Gasteiger partial charge in [0.15, 0.2) is 0 Å². The van der Waals surface area contributed by atoms with Crippen LogP contribution in [0.15, 0.2) is 36.4 Å². The van der Waals surface area contributed by atoms with Gasteiger partial charge in [0, 0.05) is 31.9 Å². The lowest BCUT2D eigenvalue weighted by Crippen LogP contribution is -2.34. The van der Waals surface area contributed by atoms with E-state index in [0.29, 0.717) is 12.5 Å². The molecular weight excluding hydrogens is 426 g/mol. The van der Waals surface area contributed by atoms with E-state index in [0.717, 1.165) is 69.6 Å². The second-order valence-electron chi connectivity index (χ2n) is 10.1. The monoisotopic (exact) mass is 463 g/mol. The minimum Gasteiger partial charge on any atom is -0.480 e. The summed E-state index contributed by atoms with van der Waals surface area (Å²) < 4.78 is 6.16. The lowest BCUT2D eigenvalue weighted by Gasteiger charge is -2.26. The Morgan fingerprint density at radius 3 is 2.88 bits per heavy atom. The molecule has 182 valence electrons. The van der Waals surface area contributed by atoms with Gasteiger partial charge in [0.2, 0.25) is 0 Å². The van der Waals surface area contributed by atoms with Gasteiger partial charge in [-0.15, -0.1) is 0 Å². The first-order chi connectivity index (χ1) is 16.7. The molecule has 0 spiro atoms. The maximum Gasteiger partial charge on any atom is 0.325 e. The highest BCUT2D eigenvalue weighted by molar-refractivity contribution is 5.76. The van der Waals surface area contributed by atoms with E-state index in [2.05, 4.69) is 28.4 Å². The molecule has 1 saturated carbocycles. The van der Waals surface area contributed by atoms with Gasteiger partial charge < -0.3 is 15.2 Å². The maximum atomic E-state index is 12.2. The van der Waals surface area contributed by atoms with Gasteiger partial charge >= 0.3 is 5.97 Å². The first-order valence-corrected chi connectivity index (χ1v) is 13.1. The summed E-state index contributed by atoms with van der Waals surface area (Å²) in [5, 5.41) is 13.5. The molecule has 2 fully saturated rings. The number of likely N-dealkylation sites (tertiary alicyclic amines) is 1. The molecule has 3 heterocycles. The van der Waals surface area contributed by atoms with Gasteiger partial charge in [-0.1, -0.05) is 36.8 Å². The highest BCUT2D eigenvalue weighted by atomic mass is 16.5. The molecule has 2 atom stereocenters. The largest absolute Gasteiger partial charge is 0.480 e. The van der Waals surface area contributed by atoms with Crippen LogP contribution in [-0.4, -0.2) is 53.3 Å². The SMILES string of the molecule is O=C(O)C(c1ccccc1C1CC1)N1CCC(OCCCCCc2ccc3c(n2)NCCC3)C1. The number of aromatic nitrogens is 1. The molecule has 2 N–H and O–H groups in total. The number of hydrogen-bond donors (Lipinski definition) is 2. The smallest absolute Gasteiger partial charge is 0.325 e. The molecule has 6 nitrogen and oxygen atoms in total. The van der Waals surface area contributed by atoms with Crippen LogP contribution in [0.25, 0.3) is 0 Å². The lowest BCUT2D eigenvalue weighted by atomic mass is 9.96. The molecule has 6 heteroatoms. The highest BCUT2D eigenvalue weighted by Gasteiger charge is 2.37. The quantitative estimate of drug-likeness (QED) is 0.460. The first kappa shape index (κ1) is 23.3. The van der Waals surface area contributed by atoms with E-state index < -0.39 is 12.0 Å². The maximum absolute atomic E-state index is 12.2. The fourth-order valence-electron chi connectivity index (χ4n) is 5.48. The summed E-state index contributed by atoms with van der Waals surface area (Å²) in [5.41, 5.74) is 4.72. The number of carboxylic acid groups (broad SMARTS) is 1. The number of carboxylic acids is 1. The summed E-state index contributed by atoms with van der Waals surface area (Å²) in [6.45, 7) is 3.24. The Labute approximate surface area is 202 Å². The van der Waals surface area contributed by atoms with Gasteiger partial charge in [-0.2, -0.15) is 0 Å². The van der Waals surface area contributed by atoms with Crippen LogP contribution in [0.3, 0.4) is 0 Å². The van der Waals surface area contributed by atoms with E-state index in [9.17, 15) is 9.90 Å². The van der Waals surface area contributed by atoms with Crippen LogP contribution in [-0.2, 0) is 22.4 Å². The fraction of sp³-hybridized carbons (Fsp3) is 0.571. The van der Waals surface area contributed by atoms with Crippen molar-refractivity contribution >= 4 is 11.8 Å². The highest BCUT2D eigenvalue weighted by Crippen LogP contribution is 2.44. The van der Waals surface area contributed by atoms with E-state index in [-0.39, 0.29) is 6.10 Å². The number of rotatable bonds is 11. The van der Waals surface area contributed by atoms with Gasteiger partial charge in [-0.25, -0.2) is 4.98 Å². The number of aryl methyl sites for hydroxylation is 2. The Balaban J connectivity index is 1.05. The molecule has 3 aliphatic rings. The van der Waals surface area contributed by atoms with Crippen molar-refractivity contribution in [1.82, 2.24) is 9.88 Å². The zero-order valence-corrected chi connectivity index (χ0v) is 20.0. The number of nitrogens with one attached hydrogen (secondary N) is 1. The Morgan fingerprint density at radius 2 is 2.03 bits per heavy atom. The van der Waals surface area contributed by atoms with Crippen LogP contribution in [0, 0.1) is 0 Å². The molecule has 2 aliphatic heterocycles. The van der Waals surface area contributed by atoms with Crippen molar-refractivity contribution in [2.75, 3.05) is 31.6 Å². The molecule has 2 aromatic rings. The van der Waals surface area contributed by atoms with Gasteiger partial charge in [-0.05, 0) is 80.0 Å². The molecule has 0 radical (unpaired) electrons. The van der Waals surface area contributed by atoms with Gasteiger partial charge in [-0.3, -0.25) is 9.69 Å². The normalized spacial score (nSPS) is 21.1. The molecule has 5 rings (SSSR count). The standard InChI is InChI=1S/C28H37N3O3/c32-28(33)26(25-10-4-3-9-24(25)20-11-12-20)31-17-15-23(19-31)34-18-5-1-2-8-22-14-13-21-7-6-16-29-27(21)30-22/h3-4,9-10,13-14,20,23,26H,1-2,5-8,11-12,15-19H2,(H,29,30)(H,32,33). The molecule has 1 aromatic carbocycles. The molecule has 1 saturated heterocycles. The van der Waals surface area contributed by atoms with Crippen molar-refractivity contribution in [3.63, 3.8) is 0 Å². The number of pyridine rings is 1. The summed E-state index contributed by atoms with van der Waals surface area (Å²) in [5.74, 6) is 0.873. The van der Waals surface area contributed by atoms with Crippen molar-refractivity contribution in [2.45, 2.75) is 75.9 Å². The van der Waals surface area contributed by atoms with Crippen molar-refractivity contribution in [3.8, 4) is 0 Å². The summed E-state index contributed by atoms with van der Waals surface area (Å²) >= 11 is 0. The Morgan fingerprint density at radius 1 is 1.15 bits per heavy atom. The number of nitrogens with zero attached hydrogens (tertiary/aromatic N) is 2. The molecule has 2 unspecified atom stereocenters. The third kappa shape index (κ3) is 5.61. The van der Waals surface area contributed by atoms with E-state index in [1.807, 2.05) is 18.2 Å². The van der Waals surface area contributed by atoms with Crippen molar-refractivity contribution in [2.24, 2.45) is 0 Å². The summed E-state index contributed by atoms with van der Waals surface area (Å²) in [6.07, 6.45) is 9.98. The first-order valence-electron chi connectivity index (χ1n) is 13.1. The number of benzene rings is 1. The molecule has 1 aliphatic carbocycles. The zero-order chi connectivity index (χ0) is 23.3. The van der Waals surface area contributed by atoms with Gasteiger partial charge in [0.05, 0.1) is 6.10 Å². The number of aliphatic carboxylic acids is 1. The van der Waals surface area contributed by atoms with E-state index in [4.69, 9.17) is 9.72 Å². The van der Waals surface area contributed by atoms with E-state index in [1.54, 1.807) is 0 Å². The van der Waals surface area contributed by atoms with Crippen molar-refractivity contribution in [3.05, 3.63) is 58.8 Å². The number of fused-ring (bicyclic) bond motifs is 1. The van der Waals surface area contributed by atoms with Crippen molar-refractivity contribution in [1.29, 1.82) is 0 Å². The van der Waals surface area contributed by atoms with Crippen LogP contribution in [0.5, 0.6) is 0 Å². The Hall–Kier alpha value is -2.44. The van der Waals surface area contributed by atoms with Gasteiger partial charge in [0.1, 0.15) is 11.9 Å². The number of ether oxygens (including phenoxy) is 1. The van der Waals surface area contributed by atoms with Crippen LogP contribution in [0.1, 0.15) is 79.3 Å². The molecule has 34 heavy (non-hydrogen) atoms. The molecular formula is C28H37N3O3. The van der Waals surface area contributed by atoms with E-state index in [1.165, 1.54) is 36.1 Å². The van der Waals surface area contributed by atoms with Gasteiger partial charge in [0.25, 0.3) is 0 Å². The molecule has 1 aromatic heterocycles. The van der Waals surface area contributed by atoms with Crippen molar-refractivity contribution < 1.29 is 14.6 Å². The Bertz CT molecular complexity index is 991. The Kier molecular flexibility index (Phi) is 7.45. The number of anilines is 1. The number of carbonyl (C=O) groups is 1. The fourth-order valence-corrected chi connectivity index (χ4v) is 5.48.